The van der Waals surface area contributed by atoms with Crippen molar-refractivity contribution in [3.8, 4) is 0 Å². The minimum Gasteiger partial charge on any atom is -0.394 e. The van der Waals surface area contributed by atoms with Crippen molar-refractivity contribution in [3.63, 3.8) is 0 Å². The van der Waals surface area contributed by atoms with E-state index in [9.17, 15) is 0 Å². The van der Waals surface area contributed by atoms with Gasteiger partial charge in [-0.15, -0.1) is 0 Å². The minimum absolute atomic E-state index is 0. The Bertz CT molecular complexity index is 61.5. The van der Waals surface area contributed by atoms with Crippen molar-refractivity contribution in [1.82, 2.24) is 0 Å². The van der Waals surface area contributed by atoms with Crippen molar-refractivity contribution in [2.45, 2.75) is 79.8 Å². The molecule has 4 N–H and O–H groups in total. The van der Waals surface area contributed by atoms with Gasteiger partial charge in [0.05, 0.1) is 0 Å². The molecule has 0 atom stereocenters. The molecule has 4 nitrogen and oxygen atoms in total. The third-order valence-corrected chi connectivity index (χ3v) is 0. The van der Waals surface area contributed by atoms with E-state index in [4.69, 9.17) is 20.4 Å². The average Bonchev–Trinajstić information content (AvgIpc) is 1.76. The van der Waals surface area contributed by atoms with Gasteiger partial charge in [-0.1, -0.05) is 0 Å². The molecule has 0 saturated carbocycles. The number of rotatable bonds is 0. The molecule has 0 aliphatic heterocycles. The van der Waals surface area contributed by atoms with Crippen LogP contribution in [0, 0.1) is 44.1 Å². The molecule has 0 unspecified atom stereocenters. The first kappa shape index (κ1) is 31.0. The molecule has 0 spiro atoms. The molecule has 0 aromatic rings. The summed E-state index contributed by atoms with van der Waals surface area (Å²) in [5, 5.41) is 32.2. The molecule has 17 heavy (non-hydrogen) atoms. The summed E-state index contributed by atoms with van der Waals surface area (Å²) in [6.07, 6.45) is -0.667. The fourth-order valence-corrected chi connectivity index (χ4v) is 0. The van der Waals surface area contributed by atoms with E-state index < -0.39 is 0 Å². The van der Waals surface area contributed by atoms with E-state index in [1.807, 2.05) is 0 Å². The molecule has 0 heterocycles. The van der Waals surface area contributed by atoms with Gasteiger partial charge in [0, 0.05) is 68.5 Å². The minimum atomic E-state index is -0.167. The van der Waals surface area contributed by atoms with Crippen molar-refractivity contribution >= 4 is 0 Å². The van der Waals surface area contributed by atoms with Crippen molar-refractivity contribution < 1.29 is 64.5 Å². The summed E-state index contributed by atoms with van der Waals surface area (Å²) >= 11 is 0. The van der Waals surface area contributed by atoms with Gasteiger partial charge in [-0.3, -0.25) is 0 Å². The van der Waals surface area contributed by atoms with Gasteiger partial charge in [-0.05, 0) is 55.4 Å². The standard InChI is InChI=1S/4C3H8O.Ac/c4*1-3(2)4;/h4*3-4H,1-2H3;. The fraction of sp³-hybridized carbons (Fsp3) is 1.00. The molecule has 0 rings (SSSR count). The Balaban J connectivity index is -0.0000000369. The first-order valence-electron chi connectivity index (χ1n) is 5.65. The Morgan fingerprint density at radius 2 is 0.412 bits per heavy atom. The molecule has 0 fully saturated rings. The number of hydrogen-bond acceptors (Lipinski definition) is 4. The summed E-state index contributed by atoms with van der Waals surface area (Å²) in [5.41, 5.74) is 0. The SMILES string of the molecule is CC(C)O.CC(C)O.CC(C)O.CC(C)O.[Ac]. The molecule has 0 aliphatic carbocycles. The Morgan fingerprint density at radius 1 is 0.412 bits per heavy atom. The normalized spacial score (nSPS) is 8.47. The molecule has 0 saturated heterocycles. The second-order valence-electron chi connectivity index (χ2n) is 4.37. The van der Waals surface area contributed by atoms with Gasteiger partial charge in [-0.2, -0.15) is 0 Å². The number of hydrogen-bond donors (Lipinski definition) is 4. The molecule has 1 radical (unpaired) electrons. The summed E-state index contributed by atoms with van der Waals surface area (Å²) in [6.45, 7) is 13.8. The summed E-state index contributed by atoms with van der Waals surface area (Å²) in [6, 6.07) is 0. The molecule has 0 bridgehead atoms. The van der Waals surface area contributed by atoms with Crippen LogP contribution in [0.5, 0.6) is 0 Å². The summed E-state index contributed by atoms with van der Waals surface area (Å²) in [4.78, 5) is 0. The van der Waals surface area contributed by atoms with Gasteiger partial charge in [-0.25, -0.2) is 0 Å². The van der Waals surface area contributed by atoms with Gasteiger partial charge in [0.25, 0.3) is 0 Å². The first-order chi connectivity index (χ1) is 6.93. The van der Waals surface area contributed by atoms with Gasteiger partial charge in [0.15, 0.2) is 0 Å². The average molecular weight is 467 g/mol. The van der Waals surface area contributed by atoms with Crippen molar-refractivity contribution in [3.05, 3.63) is 0 Å². The van der Waals surface area contributed by atoms with Crippen LogP contribution in [0.3, 0.4) is 0 Å². The topological polar surface area (TPSA) is 80.9 Å². The number of aliphatic hydroxyl groups is 4. The van der Waals surface area contributed by atoms with Crippen molar-refractivity contribution in [2.24, 2.45) is 0 Å². The molecule has 5 heteroatoms. The van der Waals surface area contributed by atoms with Crippen LogP contribution in [0.25, 0.3) is 0 Å². The van der Waals surface area contributed by atoms with Crippen molar-refractivity contribution in [1.29, 1.82) is 0 Å². The molecule has 0 amide bonds. The second-order valence-corrected chi connectivity index (χ2v) is 4.37. The van der Waals surface area contributed by atoms with E-state index in [0.29, 0.717) is 0 Å². The van der Waals surface area contributed by atoms with Gasteiger partial charge in [0.2, 0.25) is 0 Å². The van der Waals surface area contributed by atoms with E-state index in [0.717, 1.165) is 0 Å². The third-order valence-electron chi connectivity index (χ3n) is 0. The van der Waals surface area contributed by atoms with E-state index in [-0.39, 0.29) is 68.5 Å². The zero-order valence-corrected chi connectivity index (χ0v) is 17.4. The summed E-state index contributed by atoms with van der Waals surface area (Å²) in [5.74, 6) is 0. The maximum Gasteiger partial charge on any atom is 0.0483 e. The Labute approximate surface area is 143 Å². The van der Waals surface area contributed by atoms with E-state index in [2.05, 4.69) is 0 Å². The fourth-order valence-electron chi connectivity index (χ4n) is 0. The van der Waals surface area contributed by atoms with E-state index in [1.165, 1.54) is 0 Å². The van der Waals surface area contributed by atoms with Crippen LogP contribution in [0.1, 0.15) is 55.4 Å². The van der Waals surface area contributed by atoms with E-state index >= 15 is 0 Å². The smallest absolute Gasteiger partial charge is 0.0483 e. The molecule has 107 valence electrons. The first-order valence-corrected chi connectivity index (χ1v) is 5.65. The Hall–Kier alpha value is 1.28. The molecule has 0 aromatic heterocycles. The van der Waals surface area contributed by atoms with Crippen LogP contribution in [0.2, 0.25) is 0 Å². The van der Waals surface area contributed by atoms with Crippen LogP contribution < -0.4 is 0 Å². The number of aliphatic hydroxyl groups excluding tert-OH is 4. The zero-order valence-electron chi connectivity index (χ0n) is 12.7. The summed E-state index contributed by atoms with van der Waals surface area (Å²) in [7, 11) is 0. The van der Waals surface area contributed by atoms with Gasteiger partial charge in [0.1, 0.15) is 0 Å². The largest absolute Gasteiger partial charge is 0.394 e. The predicted molar refractivity (Wildman–Crippen MR) is 69.4 cm³/mol. The Morgan fingerprint density at radius 3 is 0.412 bits per heavy atom. The van der Waals surface area contributed by atoms with Crippen molar-refractivity contribution in [2.75, 3.05) is 0 Å². The monoisotopic (exact) mass is 467 g/mol. The predicted octanol–water partition coefficient (Wildman–Crippen LogP) is 1.55. The van der Waals surface area contributed by atoms with Crippen LogP contribution >= 0.6 is 0 Å². The molecular weight excluding hydrogens is 435 g/mol. The molecule has 0 aliphatic rings. The van der Waals surface area contributed by atoms with Crippen LogP contribution in [-0.4, -0.2) is 44.8 Å². The van der Waals surface area contributed by atoms with Gasteiger partial charge < -0.3 is 20.4 Å². The van der Waals surface area contributed by atoms with Crippen LogP contribution in [0.4, 0.5) is 0 Å². The quantitative estimate of drug-likeness (QED) is 0.436. The maximum absolute atomic E-state index is 8.06. The second kappa shape index (κ2) is 26.0. The molecule has 0 aromatic carbocycles. The van der Waals surface area contributed by atoms with Crippen LogP contribution in [0.15, 0.2) is 0 Å². The zero-order chi connectivity index (χ0) is 14.3. The van der Waals surface area contributed by atoms with Crippen LogP contribution in [-0.2, 0) is 0 Å². The molecular formula is C12H32AcO4. The summed E-state index contributed by atoms with van der Waals surface area (Å²) < 4.78 is 0. The van der Waals surface area contributed by atoms with Gasteiger partial charge >= 0.3 is 0 Å². The maximum atomic E-state index is 8.06. The third kappa shape index (κ3) is 2460. The van der Waals surface area contributed by atoms with E-state index in [1.54, 1.807) is 55.4 Å². The Kier molecular flexibility index (Phi) is 47.3.